The minimum absolute atomic E-state index is 0.550. The minimum Gasteiger partial charge on any atom is -0.264 e. The van der Waals surface area contributed by atoms with Gasteiger partial charge < -0.3 is 0 Å². The van der Waals surface area contributed by atoms with Gasteiger partial charge in [0.25, 0.3) is 0 Å². The Morgan fingerprint density at radius 1 is 0.404 bits per heavy atom. The Labute approximate surface area is 307 Å². The van der Waals surface area contributed by atoms with Crippen LogP contribution < -0.4 is 0 Å². The summed E-state index contributed by atoms with van der Waals surface area (Å²) in [6.45, 7) is 0. The number of hydrogen-bond acceptors (Lipinski definition) is 4. The molecule has 0 saturated carbocycles. The third-order valence-electron chi connectivity index (χ3n) is 10.3. The van der Waals surface area contributed by atoms with Crippen LogP contribution in [0.15, 0.2) is 186 Å². The van der Waals surface area contributed by atoms with E-state index in [9.17, 15) is 0 Å². The zero-order chi connectivity index (χ0) is 34.5. The van der Waals surface area contributed by atoms with Gasteiger partial charge >= 0.3 is 0 Å². The van der Waals surface area contributed by atoms with E-state index in [1.54, 1.807) is 6.20 Å². The van der Waals surface area contributed by atoms with Crippen LogP contribution >= 0.6 is 11.8 Å². The average Bonchev–Trinajstić information content (AvgIpc) is 3.36. The normalized spacial score (nSPS) is 13.4. The lowest BCUT2D eigenvalue weighted by Crippen LogP contribution is -2.35. The zero-order valence-corrected chi connectivity index (χ0v) is 29.0. The van der Waals surface area contributed by atoms with Gasteiger partial charge in [0.2, 0.25) is 0 Å². The first-order valence-electron chi connectivity index (χ1n) is 17.5. The third kappa shape index (κ3) is 4.95. The first kappa shape index (κ1) is 30.5. The van der Waals surface area contributed by atoms with Gasteiger partial charge in [0.15, 0.2) is 5.82 Å². The molecule has 3 heterocycles. The molecule has 0 radical (unpaired) electrons. The molecule has 0 saturated heterocycles. The van der Waals surface area contributed by atoms with E-state index in [0.717, 1.165) is 39.2 Å². The van der Waals surface area contributed by atoms with Gasteiger partial charge in [0, 0.05) is 38.9 Å². The molecule has 52 heavy (non-hydrogen) atoms. The van der Waals surface area contributed by atoms with Gasteiger partial charge in [0.05, 0.1) is 16.8 Å². The van der Waals surface area contributed by atoms with Crippen LogP contribution in [0.5, 0.6) is 0 Å². The summed E-state index contributed by atoms with van der Waals surface area (Å²) in [7, 11) is 0. The molecule has 1 aliphatic heterocycles. The lowest BCUT2D eigenvalue weighted by molar-refractivity contribution is 0.701. The van der Waals surface area contributed by atoms with Crippen molar-refractivity contribution in [2.24, 2.45) is 0 Å². The van der Waals surface area contributed by atoms with Crippen molar-refractivity contribution in [2.75, 3.05) is 0 Å². The van der Waals surface area contributed by atoms with Crippen molar-refractivity contribution in [3.05, 3.63) is 210 Å². The average molecular weight is 682 g/mol. The molecular formula is C48H31N3S. The summed E-state index contributed by atoms with van der Waals surface area (Å²) < 4.78 is 0. The van der Waals surface area contributed by atoms with Crippen molar-refractivity contribution >= 4 is 23.9 Å². The smallest absolute Gasteiger partial charge is 0.160 e. The molecule has 0 atom stereocenters. The number of nitrogens with zero attached hydrogens (tertiary/aromatic N) is 3. The fraction of sp³-hybridized carbons (Fsp3) is 0.0208. The van der Waals surface area contributed by atoms with E-state index in [2.05, 4.69) is 169 Å². The summed E-state index contributed by atoms with van der Waals surface area (Å²) in [5.41, 5.74) is 14.0. The number of pyridine rings is 1. The fourth-order valence-corrected chi connectivity index (χ4v) is 9.09. The summed E-state index contributed by atoms with van der Waals surface area (Å²) in [4.78, 5) is 17.4. The molecule has 3 nitrogen and oxygen atoms in total. The standard InChI is InChI=1S/C48H31N3S/c1-2-12-35(13-3-1)43-30-44(36-25-20-32(21-26-36)38-14-10-28-49-31-38)51-47(50-43)37-27-24-34-23-22-33-11-4-5-15-39(33)48(42(34)29-37)40-16-6-8-18-45(40)52-46-19-9-7-17-41(46)48/h1-31H. The molecule has 1 aliphatic carbocycles. The van der Waals surface area contributed by atoms with Gasteiger partial charge in [-0.25, -0.2) is 9.97 Å². The molecule has 0 bridgehead atoms. The highest BCUT2D eigenvalue weighted by Crippen LogP contribution is 2.58. The maximum Gasteiger partial charge on any atom is 0.160 e. The summed E-state index contributed by atoms with van der Waals surface area (Å²) in [5.74, 6) is 0.693. The van der Waals surface area contributed by atoms with E-state index in [4.69, 9.17) is 9.97 Å². The van der Waals surface area contributed by atoms with Crippen molar-refractivity contribution in [3.63, 3.8) is 0 Å². The second kappa shape index (κ2) is 12.4. The molecule has 6 aromatic carbocycles. The SMILES string of the molecule is C1=Cc2ccc(-c3nc(-c4ccccc4)cc(-c4ccc(-c5cccnc5)cc4)n3)cc2C2(c3ccccc31)c1ccccc1Sc1ccccc12. The van der Waals surface area contributed by atoms with Gasteiger partial charge in [-0.3, -0.25) is 4.98 Å². The van der Waals surface area contributed by atoms with Gasteiger partial charge in [0.1, 0.15) is 0 Å². The quantitative estimate of drug-likeness (QED) is 0.185. The number of benzene rings is 6. The van der Waals surface area contributed by atoms with E-state index in [1.807, 2.05) is 30.1 Å². The van der Waals surface area contributed by atoms with Crippen LogP contribution in [0, 0.1) is 0 Å². The molecular weight excluding hydrogens is 651 g/mol. The lowest BCUT2D eigenvalue weighted by atomic mass is 9.63. The predicted molar refractivity (Wildman–Crippen MR) is 213 cm³/mol. The van der Waals surface area contributed by atoms with Crippen molar-refractivity contribution in [1.29, 1.82) is 0 Å². The van der Waals surface area contributed by atoms with Gasteiger partial charge in [-0.2, -0.15) is 0 Å². The Balaban J connectivity index is 1.21. The van der Waals surface area contributed by atoms with E-state index in [1.165, 1.54) is 43.2 Å². The molecule has 0 amide bonds. The minimum atomic E-state index is -0.550. The monoisotopic (exact) mass is 681 g/mol. The van der Waals surface area contributed by atoms with Crippen LogP contribution in [-0.4, -0.2) is 15.0 Å². The van der Waals surface area contributed by atoms with Crippen LogP contribution in [0.25, 0.3) is 57.2 Å². The largest absolute Gasteiger partial charge is 0.264 e. The topological polar surface area (TPSA) is 38.7 Å². The van der Waals surface area contributed by atoms with E-state index in [-0.39, 0.29) is 0 Å². The van der Waals surface area contributed by atoms with Gasteiger partial charge in [-0.15, -0.1) is 0 Å². The Morgan fingerprint density at radius 3 is 1.65 bits per heavy atom. The van der Waals surface area contributed by atoms with Crippen molar-refractivity contribution < 1.29 is 0 Å². The second-order valence-electron chi connectivity index (χ2n) is 13.2. The maximum atomic E-state index is 5.30. The Bertz CT molecular complexity index is 2600. The number of fused-ring (bicyclic) bond motifs is 8. The molecule has 1 spiro atoms. The maximum absolute atomic E-state index is 5.30. The number of hydrogen-bond donors (Lipinski definition) is 0. The van der Waals surface area contributed by atoms with Crippen molar-refractivity contribution in [1.82, 2.24) is 15.0 Å². The summed E-state index contributed by atoms with van der Waals surface area (Å²) in [6.07, 6.45) is 8.24. The van der Waals surface area contributed by atoms with E-state index < -0.39 is 5.41 Å². The Kier molecular flexibility index (Phi) is 7.29. The Morgan fingerprint density at radius 2 is 0.962 bits per heavy atom. The highest BCUT2D eigenvalue weighted by molar-refractivity contribution is 7.99. The molecule has 244 valence electrons. The summed E-state index contributed by atoms with van der Waals surface area (Å²) in [5, 5.41) is 0. The molecule has 4 heteroatoms. The van der Waals surface area contributed by atoms with Crippen LogP contribution in [-0.2, 0) is 5.41 Å². The van der Waals surface area contributed by atoms with Crippen LogP contribution in [0.2, 0.25) is 0 Å². The molecule has 8 aromatic rings. The first-order chi connectivity index (χ1) is 25.8. The summed E-state index contributed by atoms with van der Waals surface area (Å²) >= 11 is 1.86. The second-order valence-corrected chi connectivity index (χ2v) is 14.3. The highest BCUT2D eigenvalue weighted by Gasteiger charge is 2.46. The first-order valence-corrected chi connectivity index (χ1v) is 18.3. The number of rotatable bonds is 4. The summed E-state index contributed by atoms with van der Waals surface area (Å²) in [6, 6.07) is 58.6. The van der Waals surface area contributed by atoms with Gasteiger partial charge in [-0.05, 0) is 74.8 Å². The van der Waals surface area contributed by atoms with Crippen molar-refractivity contribution in [3.8, 4) is 45.0 Å². The van der Waals surface area contributed by atoms with Gasteiger partial charge in [-0.1, -0.05) is 157 Å². The fourth-order valence-electron chi connectivity index (χ4n) is 7.90. The molecule has 10 rings (SSSR count). The molecule has 2 aromatic heterocycles. The van der Waals surface area contributed by atoms with E-state index >= 15 is 0 Å². The highest BCUT2D eigenvalue weighted by atomic mass is 32.2. The number of aromatic nitrogens is 3. The van der Waals surface area contributed by atoms with E-state index in [0.29, 0.717) is 5.82 Å². The van der Waals surface area contributed by atoms with Crippen LogP contribution in [0.4, 0.5) is 0 Å². The predicted octanol–water partition coefficient (Wildman–Crippen LogP) is 11.9. The molecule has 0 N–H and O–H groups in total. The van der Waals surface area contributed by atoms with Crippen LogP contribution in [0.1, 0.15) is 33.4 Å². The molecule has 2 aliphatic rings. The van der Waals surface area contributed by atoms with Crippen molar-refractivity contribution in [2.45, 2.75) is 15.2 Å². The molecule has 0 unspecified atom stereocenters. The Hall–Kier alpha value is -6.36. The zero-order valence-electron chi connectivity index (χ0n) is 28.1. The molecule has 0 fully saturated rings. The van der Waals surface area contributed by atoms with Crippen LogP contribution in [0.3, 0.4) is 0 Å². The third-order valence-corrected chi connectivity index (χ3v) is 11.4. The lowest BCUT2D eigenvalue weighted by Gasteiger charge is -2.42.